The van der Waals surface area contributed by atoms with E-state index in [2.05, 4.69) is 10.2 Å². The lowest BCUT2D eigenvalue weighted by Gasteiger charge is -1.93. The molecule has 2 heterocycles. The molecule has 0 aliphatic rings. The predicted molar refractivity (Wildman–Crippen MR) is 66.1 cm³/mol. The smallest absolute Gasteiger partial charge is 0.270 e. The summed E-state index contributed by atoms with van der Waals surface area (Å²) in [6, 6.07) is 8.57. The minimum absolute atomic E-state index is 0.0803. The largest absolute Gasteiger partial charge is 0.277 e. The van der Waals surface area contributed by atoms with Crippen LogP contribution in [0, 0.1) is 10.1 Å². The average molecular weight is 245 g/mol. The maximum absolute atomic E-state index is 10.7. The summed E-state index contributed by atoms with van der Waals surface area (Å²) in [6.45, 7) is 0. The van der Waals surface area contributed by atoms with Crippen LogP contribution in [0.1, 0.15) is 0 Å². The Labute approximate surface area is 99.9 Å². The van der Waals surface area contributed by atoms with Gasteiger partial charge in [-0.25, -0.2) is 0 Å². The number of nitro benzene ring substituents is 1. The maximum atomic E-state index is 10.7. The highest BCUT2D eigenvalue weighted by Crippen LogP contribution is 2.31. The van der Waals surface area contributed by atoms with E-state index in [-0.39, 0.29) is 5.69 Å². The average Bonchev–Trinajstić information content (AvgIpc) is 2.96. The van der Waals surface area contributed by atoms with Gasteiger partial charge in [0.2, 0.25) is 0 Å². The summed E-state index contributed by atoms with van der Waals surface area (Å²) in [4.78, 5) is 11.3. The zero-order valence-electron chi connectivity index (χ0n) is 8.58. The molecule has 0 saturated heterocycles. The van der Waals surface area contributed by atoms with Crippen LogP contribution in [0.4, 0.5) is 5.69 Å². The number of nitrogens with one attached hydrogen (secondary N) is 1. The zero-order chi connectivity index (χ0) is 11.8. The predicted octanol–water partition coefficient (Wildman–Crippen LogP) is 3.20. The first-order valence-electron chi connectivity index (χ1n) is 4.92. The van der Waals surface area contributed by atoms with Crippen molar-refractivity contribution in [2.45, 2.75) is 0 Å². The number of fused-ring (bicyclic) bond motifs is 1. The molecule has 1 N–H and O–H groups in total. The Morgan fingerprint density at radius 1 is 1.35 bits per heavy atom. The first kappa shape index (κ1) is 9.98. The molecule has 0 aliphatic heterocycles. The van der Waals surface area contributed by atoms with Gasteiger partial charge in [-0.1, -0.05) is 6.07 Å². The molecule has 84 valence electrons. The lowest BCUT2D eigenvalue weighted by molar-refractivity contribution is -0.384. The summed E-state index contributed by atoms with van der Waals surface area (Å²) in [6.07, 6.45) is 0. The number of non-ortho nitro benzene ring substituents is 1. The van der Waals surface area contributed by atoms with Crippen LogP contribution < -0.4 is 0 Å². The standard InChI is InChI=1S/C11H7N3O2S/c15-14(16)7-3-4-9-8(6-7)11(13-12-9)10-2-1-5-17-10/h1-6H,(H,12,13). The lowest BCUT2D eigenvalue weighted by Crippen LogP contribution is -1.86. The molecule has 0 atom stereocenters. The van der Waals surface area contributed by atoms with Crippen molar-refractivity contribution in [2.24, 2.45) is 0 Å². The summed E-state index contributed by atoms with van der Waals surface area (Å²) in [7, 11) is 0. The number of hydrogen-bond acceptors (Lipinski definition) is 4. The summed E-state index contributed by atoms with van der Waals surface area (Å²) in [5.41, 5.74) is 1.65. The van der Waals surface area contributed by atoms with Gasteiger partial charge in [0.05, 0.1) is 15.3 Å². The summed E-state index contributed by atoms with van der Waals surface area (Å²) in [5, 5.41) is 20.6. The molecule has 5 nitrogen and oxygen atoms in total. The molecular formula is C11H7N3O2S. The third-order valence-electron chi connectivity index (χ3n) is 2.51. The Kier molecular flexibility index (Phi) is 2.15. The van der Waals surface area contributed by atoms with Crippen molar-refractivity contribution in [3.05, 3.63) is 45.8 Å². The van der Waals surface area contributed by atoms with Crippen LogP contribution in [-0.4, -0.2) is 15.1 Å². The number of H-pyrrole nitrogens is 1. The maximum Gasteiger partial charge on any atom is 0.270 e. The molecule has 0 unspecified atom stereocenters. The molecule has 0 bridgehead atoms. The second-order valence-corrected chi connectivity index (χ2v) is 4.48. The summed E-state index contributed by atoms with van der Waals surface area (Å²) in [5.74, 6) is 0. The van der Waals surface area contributed by atoms with Crippen molar-refractivity contribution in [2.75, 3.05) is 0 Å². The van der Waals surface area contributed by atoms with Gasteiger partial charge in [-0.2, -0.15) is 5.10 Å². The Balaban J connectivity index is 2.26. The molecule has 0 radical (unpaired) electrons. The van der Waals surface area contributed by atoms with E-state index in [4.69, 9.17) is 0 Å². The highest BCUT2D eigenvalue weighted by Gasteiger charge is 2.13. The number of rotatable bonds is 2. The number of aromatic amines is 1. The van der Waals surface area contributed by atoms with Crippen molar-refractivity contribution >= 4 is 27.9 Å². The second kappa shape index (κ2) is 3.67. The molecule has 17 heavy (non-hydrogen) atoms. The third kappa shape index (κ3) is 1.58. The number of benzene rings is 1. The van der Waals surface area contributed by atoms with Crippen molar-refractivity contribution in [1.82, 2.24) is 10.2 Å². The zero-order valence-corrected chi connectivity index (χ0v) is 9.40. The van der Waals surface area contributed by atoms with Crippen molar-refractivity contribution < 1.29 is 4.92 Å². The summed E-state index contributed by atoms with van der Waals surface area (Å²) >= 11 is 1.56. The van der Waals surface area contributed by atoms with Crippen molar-refractivity contribution in [3.8, 4) is 10.6 Å². The molecule has 1 aromatic carbocycles. The topological polar surface area (TPSA) is 71.8 Å². The Morgan fingerprint density at radius 3 is 2.94 bits per heavy atom. The van der Waals surface area contributed by atoms with E-state index >= 15 is 0 Å². The molecule has 0 fully saturated rings. The van der Waals surface area contributed by atoms with Gasteiger partial charge in [0.1, 0.15) is 5.69 Å². The van der Waals surface area contributed by atoms with Crippen molar-refractivity contribution in [3.63, 3.8) is 0 Å². The van der Waals surface area contributed by atoms with Crippen LogP contribution in [0.25, 0.3) is 21.5 Å². The molecule has 3 aromatic rings. The van der Waals surface area contributed by atoms with E-state index in [1.165, 1.54) is 6.07 Å². The summed E-state index contributed by atoms with van der Waals surface area (Å²) < 4.78 is 0. The monoisotopic (exact) mass is 245 g/mol. The van der Waals surface area contributed by atoms with E-state index in [9.17, 15) is 10.1 Å². The van der Waals surface area contributed by atoms with Crippen LogP contribution >= 0.6 is 11.3 Å². The van der Waals surface area contributed by atoms with E-state index in [0.29, 0.717) is 0 Å². The van der Waals surface area contributed by atoms with Crippen LogP contribution in [0.3, 0.4) is 0 Å². The lowest BCUT2D eigenvalue weighted by atomic mass is 10.1. The van der Waals surface area contributed by atoms with Gasteiger partial charge in [-0.3, -0.25) is 15.2 Å². The number of nitro groups is 1. The van der Waals surface area contributed by atoms with Gasteiger partial charge < -0.3 is 0 Å². The number of hydrogen-bond donors (Lipinski definition) is 1. The number of aromatic nitrogens is 2. The SMILES string of the molecule is O=[N+]([O-])c1ccc2[nH]nc(-c3cccs3)c2c1. The van der Waals surface area contributed by atoms with Gasteiger partial charge in [-0.05, 0) is 17.5 Å². The Morgan fingerprint density at radius 2 is 2.24 bits per heavy atom. The molecule has 0 aliphatic carbocycles. The van der Waals surface area contributed by atoms with Gasteiger partial charge in [0, 0.05) is 17.5 Å². The fourth-order valence-corrected chi connectivity index (χ4v) is 2.44. The van der Waals surface area contributed by atoms with Gasteiger partial charge in [0.25, 0.3) is 5.69 Å². The minimum atomic E-state index is -0.398. The van der Waals surface area contributed by atoms with E-state index in [0.717, 1.165) is 21.5 Å². The molecule has 6 heteroatoms. The van der Waals surface area contributed by atoms with E-state index in [1.807, 2.05) is 17.5 Å². The fraction of sp³-hybridized carbons (Fsp3) is 0. The molecular weight excluding hydrogens is 238 g/mol. The quantitative estimate of drug-likeness (QED) is 0.556. The van der Waals surface area contributed by atoms with Crippen molar-refractivity contribution in [1.29, 1.82) is 0 Å². The first-order chi connectivity index (χ1) is 8.25. The minimum Gasteiger partial charge on any atom is -0.277 e. The molecule has 0 spiro atoms. The number of thiophene rings is 1. The van der Waals surface area contributed by atoms with Crippen LogP contribution in [0.2, 0.25) is 0 Å². The Bertz CT molecular complexity index is 688. The normalized spacial score (nSPS) is 10.8. The molecule has 0 saturated carbocycles. The molecule has 2 aromatic heterocycles. The first-order valence-corrected chi connectivity index (χ1v) is 5.80. The van der Waals surface area contributed by atoms with Gasteiger partial charge in [0.15, 0.2) is 0 Å². The van der Waals surface area contributed by atoms with Crippen LogP contribution in [0.15, 0.2) is 35.7 Å². The molecule has 3 rings (SSSR count). The third-order valence-corrected chi connectivity index (χ3v) is 3.39. The van der Waals surface area contributed by atoms with Gasteiger partial charge >= 0.3 is 0 Å². The van der Waals surface area contributed by atoms with Crippen LogP contribution in [-0.2, 0) is 0 Å². The van der Waals surface area contributed by atoms with Gasteiger partial charge in [-0.15, -0.1) is 11.3 Å². The second-order valence-electron chi connectivity index (χ2n) is 3.54. The van der Waals surface area contributed by atoms with E-state index in [1.54, 1.807) is 23.5 Å². The highest BCUT2D eigenvalue weighted by atomic mass is 32.1. The fourth-order valence-electron chi connectivity index (χ4n) is 1.72. The Hall–Kier alpha value is -2.21. The van der Waals surface area contributed by atoms with E-state index < -0.39 is 4.92 Å². The number of nitrogens with zero attached hydrogens (tertiary/aromatic N) is 2. The highest BCUT2D eigenvalue weighted by molar-refractivity contribution is 7.13. The van der Waals surface area contributed by atoms with Crippen LogP contribution in [0.5, 0.6) is 0 Å². The molecule has 0 amide bonds.